The summed E-state index contributed by atoms with van der Waals surface area (Å²) in [5, 5.41) is 3.37. The molecule has 0 saturated carbocycles. The van der Waals surface area contributed by atoms with Gasteiger partial charge < -0.3 is 15.8 Å². The molecule has 5 nitrogen and oxygen atoms in total. The van der Waals surface area contributed by atoms with Crippen LogP contribution in [0.5, 0.6) is 5.75 Å². The van der Waals surface area contributed by atoms with Crippen molar-refractivity contribution in [2.45, 2.75) is 18.9 Å². The molecule has 0 spiro atoms. The zero-order valence-electron chi connectivity index (χ0n) is 14.6. The van der Waals surface area contributed by atoms with Gasteiger partial charge in [0.15, 0.2) is 16.7 Å². The van der Waals surface area contributed by atoms with E-state index in [1.807, 2.05) is 25.1 Å². The van der Waals surface area contributed by atoms with E-state index in [1.54, 1.807) is 17.8 Å². The number of benzene rings is 2. The molecule has 3 N–H and O–H groups in total. The fraction of sp³-hybridized carbons (Fsp3) is 0.263. The molecule has 7 heteroatoms. The van der Waals surface area contributed by atoms with E-state index < -0.39 is 17.3 Å². The first-order valence-corrected chi connectivity index (χ1v) is 9.13. The van der Waals surface area contributed by atoms with Gasteiger partial charge in [-0.2, -0.15) is 0 Å². The van der Waals surface area contributed by atoms with Crippen LogP contribution in [0, 0.1) is 5.82 Å². The van der Waals surface area contributed by atoms with E-state index in [0.29, 0.717) is 10.9 Å². The van der Waals surface area contributed by atoms with Crippen LogP contribution in [0.15, 0.2) is 47.5 Å². The van der Waals surface area contributed by atoms with Crippen molar-refractivity contribution in [3.63, 3.8) is 0 Å². The number of amides is 1. The van der Waals surface area contributed by atoms with Crippen LogP contribution in [0.1, 0.15) is 29.3 Å². The summed E-state index contributed by atoms with van der Waals surface area (Å²) >= 11 is 1.54. The second kappa shape index (κ2) is 7.37. The zero-order valence-corrected chi connectivity index (χ0v) is 15.4. The van der Waals surface area contributed by atoms with Crippen LogP contribution in [0.25, 0.3) is 0 Å². The van der Waals surface area contributed by atoms with Crippen LogP contribution in [0.3, 0.4) is 0 Å². The summed E-state index contributed by atoms with van der Waals surface area (Å²) in [5.74, 6) is 0.0252. The van der Waals surface area contributed by atoms with Crippen molar-refractivity contribution in [3.8, 4) is 5.75 Å². The molecule has 2 aromatic rings. The van der Waals surface area contributed by atoms with Crippen molar-refractivity contribution < 1.29 is 13.9 Å². The normalized spacial score (nSPS) is 19.6. The van der Waals surface area contributed by atoms with Gasteiger partial charge in [0.1, 0.15) is 0 Å². The molecule has 0 aliphatic carbocycles. The SMILES string of the molecule is COc1ccc(C(=O)Nc2cccc(C3(C)CCSC(N)=N3)c2)cc1F. The number of thioether (sulfide) groups is 1. The summed E-state index contributed by atoms with van der Waals surface area (Å²) in [6.07, 6.45) is 0.861. The Hall–Kier alpha value is -2.54. The molecule has 1 aliphatic heterocycles. The van der Waals surface area contributed by atoms with E-state index in [9.17, 15) is 9.18 Å². The molecule has 0 radical (unpaired) electrons. The van der Waals surface area contributed by atoms with Crippen molar-refractivity contribution in [1.29, 1.82) is 0 Å². The number of ether oxygens (including phenoxy) is 1. The van der Waals surface area contributed by atoms with E-state index in [0.717, 1.165) is 23.8 Å². The third-order valence-electron chi connectivity index (χ3n) is 4.35. The van der Waals surface area contributed by atoms with Gasteiger partial charge >= 0.3 is 0 Å². The molecule has 26 heavy (non-hydrogen) atoms. The Balaban J connectivity index is 1.82. The Morgan fingerprint density at radius 2 is 2.15 bits per heavy atom. The summed E-state index contributed by atoms with van der Waals surface area (Å²) in [4.78, 5) is 17.0. The average Bonchev–Trinajstić information content (AvgIpc) is 2.61. The highest BCUT2D eigenvalue weighted by atomic mass is 32.2. The fourth-order valence-corrected chi connectivity index (χ4v) is 3.81. The van der Waals surface area contributed by atoms with Crippen LogP contribution in [0.4, 0.5) is 10.1 Å². The van der Waals surface area contributed by atoms with Crippen LogP contribution in [-0.4, -0.2) is 23.9 Å². The third-order valence-corrected chi connectivity index (χ3v) is 5.15. The van der Waals surface area contributed by atoms with Gasteiger partial charge in [-0.05, 0) is 49.2 Å². The van der Waals surface area contributed by atoms with Crippen LogP contribution in [-0.2, 0) is 5.54 Å². The zero-order chi connectivity index (χ0) is 18.7. The maximum absolute atomic E-state index is 13.8. The topological polar surface area (TPSA) is 76.7 Å². The first kappa shape index (κ1) is 18.3. The first-order chi connectivity index (χ1) is 12.4. The smallest absolute Gasteiger partial charge is 0.255 e. The fourth-order valence-electron chi connectivity index (χ4n) is 2.84. The molecule has 2 aromatic carbocycles. The molecule has 1 heterocycles. The van der Waals surface area contributed by atoms with Crippen molar-refractivity contribution >= 4 is 28.5 Å². The quantitative estimate of drug-likeness (QED) is 0.856. The number of rotatable bonds is 4. The molecule has 0 aromatic heterocycles. The number of hydrogen-bond acceptors (Lipinski definition) is 5. The van der Waals surface area contributed by atoms with Gasteiger partial charge in [0.05, 0.1) is 12.6 Å². The maximum atomic E-state index is 13.8. The summed E-state index contributed by atoms with van der Waals surface area (Å²) in [6.45, 7) is 2.03. The van der Waals surface area contributed by atoms with Gasteiger partial charge in [-0.1, -0.05) is 23.9 Å². The predicted octanol–water partition coefficient (Wildman–Crippen LogP) is 3.75. The number of aliphatic imine (C=N–C) groups is 1. The number of methoxy groups -OCH3 is 1. The Bertz CT molecular complexity index is 872. The molecular formula is C19H20FN3O2S. The number of nitrogens with two attached hydrogens (primary N) is 1. The van der Waals surface area contributed by atoms with Crippen LogP contribution in [0.2, 0.25) is 0 Å². The predicted molar refractivity (Wildman–Crippen MR) is 103 cm³/mol. The number of amidine groups is 1. The molecule has 1 aliphatic rings. The molecule has 1 atom stereocenters. The molecule has 136 valence electrons. The third kappa shape index (κ3) is 3.83. The number of hydrogen-bond donors (Lipinski definition) is 2. The molecule has 1 amide bonds. The molecule has 0 fully saturated rings. The first-order valence-electron chi connectivity index (χ1n) is 8.15. The van der Waals surface area contributed by atoms with E-state index in [-0.39, 0.29) is 11.3 Å². The van der Waals surface area contributed by atoms with Crippen LogP contribution < -0.4 is 15.8 Å². The second-order valence-corrected chi connectivity index (χ2v) is 7.32. The highest BCUT2D eigenvalue weighted by Gasteiger charge is 2.29. The number of halogens is 1. The lowest BCUT2D eigenvalue weighted by molar-refractivity contribution is 0.102. The second-order valence-electron chi connectivity index (χ2n) is 6.21. The number of anilines is 1. The van der Waals surface area contributed by atoms with Crippen molar-refractivity contribution in [2.75, 3.05) is 18.2 Å². The molecule has 0 saturated heterocycles. The largest absolute Gasteiger partial charge is 0.494 e. The molecular weight excluding hydrogens is 353 g/mol. The van der Waals surface area contributed by atoms with E-state index in [2.05, 4.69) is 10.3 Å². The highest BCUT2D eigenvalue weighted by Crippen LogP contribution is 2.35. The molecule has 3 rings (SSSR count). The minimum atomic E-state index is -0.578. The Kier molecular flexibility index (Phi) is 5.18. The minimum absolute atomic E-state index is 0.0992. The van der Waals surface area contributed by atoms with E-state index in [4.69, 9.17) is 10.5 Å². The minimum Gasteiger partial charge on any atom is -0.494 e. The number of nitrogens with zero attached hydrogens (tertiary/aromatic N) is 1. The lowest BCUT2D eigenvalue weighted by Crippen LogP contribution is -2.28. The monoisotopic (exact) mass is 373 g/mol. The summed E-state index contributed by atoms with van der Waals surface area (Å²) in [6, 6.07) is 11.6. The standard InChI is InChI=1S/C19H20FN3O2S/c1-19(8-9-26-18(21)23-19)13-4-3-5-14(11-13)22-17(24)12-6-7-16(25-2)15(20)10-12/h3-7,10-11H,8-9H2,1-2H3,(H2,21,23)(H,22,24). The summed E-state index contributed by atoms with van der Waals surface area (Å²) < 4.78 is 18.7. The lowest BCUT2D eigenvalue weighted by atomic mass is 9.89. The molecule has 1 unspecified atom stereocenters. The van der Waals surface area contributed by atoms with Gasteiger partial charge in [0.25, 0.3) is 5.91 Å². The van der Waals surface area contributed by atoms with Crippen molar-refractivity contribution in [3.05, 3.63) is 59.4 Å². The number of nitrogens with one attached hydrogen (secondary N) is 1. The number of carbonyl (C=O) groups is 1. The summed E-state index contributed by atoms with van der Waals surface area (Å²) in [5.41, 5.74) is 7.28. The number of carbonyl (C=O) groups excluding carboxylic acids is 1. The van der Waals surface area contributed by atoms with Crippen molar-refractivity contribution in [2.24, 2.45) is 10.7 Å². The Labute approximate surface area is 155 Å². The van der Waals surface area contributed by atoms with Gasteiger partial charge in [-0.3, -0.25) is 9.79 Å². The van der Waals surface area contributed by atoms with E-state index in [1.165, 1.54) is 19.2 Å². The lowest BCUT2D eigenvalue weighted by Gasteiger charge is -2.30. The van der Waals surface area contributed by atoms with Gasteiger partial charge in [-0.25, -0.2) is 4.39 Å². The van der Waals surface area contributed by atoms with Crippen LogP contribution >= 0.6 is 11.8 Å². The average molecular weight is 373 g/mol. The van der Waals surface area contributed by atoms with Gasteiger partial charge in [0, 0.05) is 17.0 Å². The van der Waals surface area contributed by atoms with Gasteiger partial charge in [0.2, 0.25) is 0 Å². The molecule has 0 bridgehead atoms. The highest BCUT2D eigenvalue weighted by molar-refractivity contribution is 8.13. The Morgan fingerprint density at radius 3 is 2.85 bits per heavy atom. The maximum Gasteiger partial charge on any atom is 0.255 e. The van der Waals surface area contributed by atoms with E-state index >= 15 is 0 Å². The Morgan fingerprint density at radius 1 is 1.35 bits per heavy atom. The summed E-state index contributed by atoms with van der Waals surface area (Å²) in [7, 11) is 1.38. The van der Waals surface area contributed by atoms with Crippen molar-refractivity contribution in [1.82, 2.24) is 0 Å². The van der Waals surface area contributed by atoms with Gasteiger partial charge in [-0.15, -0.1) is 0 Å².